The van der Waals surface area contributed by atoms with Crippen molar-refractivity contribution in [3.8, 4) is 0 Å². The summed E-state index contributed by atoms with van der Waals surface area (Å²) in [5, 5.41) is 13.7. The van der Waals surface area contributed by atoms with E-state index >= 15 is 0 Å². The number of hydrogen-bond acceptors (Lipinski definition) is 5. The van der Waals surface area contributed by atoms with E-state index in [2.05, 4.69) is 34.3 Å². The summed E-state index contributed by atoms with van der Waals surface area (Å²) in [5.41, 5.74) is 0. The Bertz CT molecular complexity index is 339. The number of aromatic nitrogens is 2. The van der Waals surface area contributed by atoms with Crippen LogP contribution in [-0.2, 0) is 6.54 Å². The van der Waals surface area contributed by atoms with Gasteiger partial charge in [0.05, 0.1) is 6.54 Å². The molecular weight excluding hydrogens is 232 g/mol. The standard InChI is InChI=1S/C12H22N4S/c1-3-13-12-15-14-11(17-12)9-16-8-6-4-5-7-10(16)2/h10H,3-9H2,1-2H3,(H,13,15). The Morgan fingerprint density at radius 1 is 1.35 bits per heavy atom. The van der Waals surface area contributed by atoms with Gasteiger partial charge in [0.15, 0.2) is 0 Å². The summed E-state index contributed by atoms with van der Waals surface area (Å²) in [6, 6.07) is 0.684. The van der Waals surface area contributed by atoms with Crippen molar-refractivity contribution in [2.75, 3.05) is 18.4 Å². The minimum atomic E-state index is 0.684. The molecule has 0 saturated carbocycles. The molecule has 0 aliphatic carbocycles. The van der Waals surface area contributed by atoms with Crippen LogP contribution in [0, 0.1) is 0 Å². The second-order valence-electron chi connectivity index (χ2n) is 4.70. The van der Waals surface area contributed by atoms with Gasteiger partial charge in [-0.3, -0.25) is 4.90 Å². The molecule has 2 heterocycles. The number of nitrogens with zero attached hydrogens (tertiary/aromatic N) is 3. The van der Waals surface area contributed by atoms with Crippen LogP contribution < -0.4 is 5.32 Å². The summed E-state index contributed by atoms with van der Waals surface area (Å²) in [6.45, 7) is 7.49. The molecule has 4 nitrogen and oxygen atoms in total. The van der Waals surface area contributed by atoms with Gasteiger partial charge >= 0.3 is 0 Å². The number of rotatable bonds is 4. The molecule has 1 N–H and O–H groups in total. The fourth-order valence-corrected chi connectivity index (χ4v) is 3.12. The second kappa shape index (κ2) is 6.31. The van der Waals surface area contributed by atoms with Crippen LogP contribution in [0.2, 0.25) is 0 Å². The summed E-state index contributed by atoms with van der Waals surface area (Å²) >= 11 is 1.68. The summed E-state index contributed by atoms with van der Waals surface area (Å²) in [4.78, 5) is 2.54. The number of hydrogen-bond donors (Lipinski definition) is 1. The first-order valence-electron chi connectivity index (χ1n) is 6.60. The lowest BCUT2D eigenvalue weighted by molar-refractivity contribution is 0.204. The van der Waals surface area contributed by atoms with Crippen LogP contribution >= 0.6 is 11.3 Å². The molecule has 2 rings (SSSR count). The summed E-state index contributed by atoms with van der Waals surface area (Å²) in [6.07, 6.45) is 5.39. The summed E-state index contributed by atoms with van der Waals surface area (Å²) in [7, 11) is 0. The molecular formula is C12H22N4S. The van der Waals surface area contributed by atoms with Crippen molar-refractivity contribution >= 4 is 16.5 Å². The zero-order valence-electron chi connectivity index (χ0n) is 10.8. The van der Waals surface area contributed by atoms with Crippen molar-refractivity contribution in [2.45, 2.75) is 52.1 Å². The Balaban J connectivity index is 1.93. The fourth-order valence-electron chi connectivity index (χ4n) is 2.28. The highest BCUT2D eigenvalue weighted by Gasteiger charge is 2.18. The minimum absolute atomic E-state index is 0.684. The van der Waals surface area contributed by atoms with E-state index in [1.54, 1.807) is 11.3 Å². The highest BCUT2D eigenvalue weighted by Crippen LogP contribution is 2.21. The van der Waals surface area contributed by atoms with Crippen molar-refractivity contribution < 1.29 is 0 Å². The smallest absolute Gasteiger partial charge is 0.205 e. The molecule has 1 aromatic rings. The maximum atomic E-state index is 4.26. The number of likely N-dealkylation sites (tertiary alicyclic amines) is 1. The Morgan fingerprint density at radius 2 is 2.24 bits per heavy atom. The minimum Gasteiger partial charge on any atom is -0.360 e. The van der Waals surface area contributed by atoms with E-state index in [4.69, 9.17) is 0 Å². The van der Waals surface area contributed by atoms with Gasteiger partial charge in [-0.05, 0) is 33.2 Å². The van der Waals surface area contributed by atoms with E-state index in [1.165, 1.54) is 32.2 Å². The Morgan fingerprint density at radius 3 is 3.06 bits per heavy atom. The molecule has 1 aromatic heterocycles. The molecule has 96 valence electrons. The summed E-state index contributed by atoms with van der Waals surface area (Å²) in [5.74, 6) is 0. The van der Waals surface area contributed by atoms with Crippen molar-refractivity contribution in [3.05, 3.63) is 5.01 Å². The molecule has 0 aromatic carbocycles. The van der Waals surface area contributed by atoms with Crippen molar-refractivity contribution in [1.82, 2.24) is 15.1 Å². The molecule has 0 spiro atoms. The Hall–Kier alpha value is -0.680. The average Bonchev–Trinajstić information content (AvgIpc) is 2.65. The van der Waals surface area contributed by atoms with Gasteiger partial charge in [0.1, 0.15) is 5.01 Å². The SMILES string of the molecule is CCNc1nnc(CN2CCCCCC2C)s1. The lowest BCUT2D eigenvalue weighted by atomic mass is 10.1. The Kier molecular flexibility index (Phi) is 4.74. The highest BCUT2D eigenvalue weighted by molar-refractivity contribution is 7.15. The number of nitrogens with one attached hydrogen (secondary N) is 1. The van der Waals surface area contributed by atoms with Crippen LogP contribution in [0.4, 0.5) is 5.13 Å². The van der Waals surface area contributed by atoms with Crippen LogP contribution in [0.25, 0.3) is 0 Å². The van der Waals surface area contributed by atoms with Crippen molar-refractivity contribution in [2.24, 2.45) is 0 Å². The molecule has 0 bridgehead atoms. The van der Waals surface area contributed by atoms with E-state index in [0.29, 0.717) is 6.04 Å². The van der Waals surface area contributed by atoms with Crippen LogP contribution in [0.1, 0.15) is 44.5 Å². The first kappa shape index (κ1) is 12.8. The number of anilines is 1. The maximum Gasteiger partial charge on any atom is 0.205 e. The molecule has 1 saturated heterocycles. The van der Waals surface area contributed by atoms with E-state index < -0.39 is 0 Å². The van der Waals surface area contributed by atoms with Gasteiger partial charge in [-0.2, -0.15) is 0 Å². The molecule has 1 atom stereocenters. The molecule has 5 heteroatoms. The fraction of sp³-hybridized carbons (Fsp3) is 0.833. The predicted octanol–water partition coefficient (Wildman–Crippen LogP) is 2.73. The Labute approximate surface area is 107 Å². The summed E-state index contributed by atoms with van der Waals surface area (Å²) < 4.78 is 0. The van der Waals surface area contributed by atoms with Crippen molar-refractivity contribution in [3.63, 3.8) is 0 Å². The molecule has 1 aliphatic heterocycles. The van der Waals surface area contributed by atoms with Crippen LogP contribution in [-0.4, -0.2) is 34.2 Å². The van der Waals surface area contributed by atoms with Crippen LogP contribution in [0.15, 0.2) is 0 Å². The van der Waals surface area contributed by atoms with E-state index in [9.17, 15) is 0 Å². The highest BCUT2D eigenvalue weighted by atomic mass is 32.1. The van der Waals surface area contributed by atoms with E-state index in [0.717, 1.165) is 23.2 Å². The third-order valence-electron chi connectivity index (χ3n) is 3.32. The average molecular weight is 254 g/mol. The van der Waals surface area contributed by atoms with Gasteiger partial charge in [0.2, 0.25) is 5.13 Å². The largest absolute Gasteiger partial charge is 0.360 e. The van der Waals surface area contributed by atoms with Crippen LogP contribution in [0.5, 0.6) is 0 Å². The van der Waals surface area contributed by atoms with Crippen molar-refractivity contribution in [1.29, 1.82) is 0 Å². The zero-order chi connectivity index (χ0) is 12.1. The third-order valence-corrected chi connectivity index (χ3v) is 4.19. The molecule has 1 fully saturated rings. The predicted molar refractivity (Wildman–Crippen MR) is 72.4 cm³/mol. The molecule has 1 unspecified atom stereocenters. The van der Waals surface area contributed by atoms with Gasteiger partial charge < -0.3 is 5.32 Å². The molecule has 0 radical (unpaired) electrons. The monoisotopic (exact) mass is 254 g/mol. The van der Waals surface area contributed by atoms with Gasteiger partial charge in [0.25, 0.3) is 0 Å². The molecule has 1 aliphatic rings. The van der Waals surface area contributed by atoms with Gasteiger partial charge in [0, 0.05) is 12.6 Å². The maximum absolute atomic E-state index is 4.26. The molecule has 0 amide bonds. The normalized spacial score (nSPS) is 22.4. The van der Waals surface area contributed by atoms with Gasteiger partial charge in [-0.15, -0.1) is 10.2 Å². The quantitative estimate of drug-likeness (QED) is 0.897. The van der Waals surface area contributed by atoms with Gasteiger partial charge in [-0.1, -0.05) is 24.2 Å². The molecule has 17 heavy (non-hydrogen) atoms. The topological polar surface area (TPSA) is 41.1 Å². The lowest BCUT2D eigenvalue weighted by Crippen LogP contribution is -2.31. The first-order valence-corrected chi connectivity index (χ1v) is 7.41. The van der Waals surface area contributed by atoms with Crippen LogP contribution in [0.3, 0.4) is 0 Å². The third kappa shape index (κ3) is 3.64. The van der Waals surface area contributed by atoms with Gasteiger partial charge in [-0.25, -0.2) is 0 Å². The second-order valence-corrected chi connectivity index (χ2v) is 5.76. The van der Waals surface area contributed by atoms with E-state index in [-0.39, 0.29) is 0 Å². The lowest BCUT2D eigenvalue weighted by Gasteiger charge is -2.25. The zero-order valence-corrected chi connectivity index (χ0v) is 11.6. The first-order chi connectivity index (χ1) is 8.29. The van der Waals surface area contributed by atoms with E-state index in [1.807, 2.05) is 0 Å².